The highest BCUT2D eigenvalue weighted by atomic mass is 19.1. The number of piperazine rings is 1. The van der Waals surface area contributed by atoms with E-state index in [0.717, 1.165) is 42.6 Å². The lowest BCUT2D eigenvalue weighted by Gasteiger charge is -2.38. The number of pyridine rings is 1. The Morgan fingerprint density at radius 3 is 2.53 bits per heavy atom. The molecule has 2 aliphatic rings. The molecule has 34 heavy (non-hydrogen) atoms. The van der Waals surface area contributed by atoms with Crippen molar-refractivity contribution >= 4 is 34.7 Å². The number of carbonyl (C=O) groups excluding carboxylic acids is 2. The molecule has 5 heterocycles. The van der Waals surface area contributed by atoms with Crippen molar-refractivity contribution in [2.24, 2.45) is 0 Å². The summed E-state index contributed by atoms with van der Waals surface area (Å²) < 4.78 is 29.4. The van der Waals surface area contributed by atoms with Gasteiger partial charge in [-0.15, -0.1) is 5.10 Å². The highest BCUT2D eigenvalue weighted by Crippen LogP contribution is 2.30. The van der Waals surface area contributed by atoms with Gasteiger partial charge < -0.3 is 20.9 Å². The van der Waals surface area contributed by atoms with Crippen LogP contribution in [0.3, 0.4) is 0 Å². The molecule has 2 amide bonds. The SMILES string of the molecule is Nc1nn2cc(F)cnc2c1C(=O)Nc1cncc(F)c1N1CCN(C(=O)CN2CCC2)CC1. The number of likely N-dealkylation sites (tertiary alicyclic amines) is 1. The largest absolute Gasteiger partial charge is 0.381 e. The number of fused-ring (bicyclic) bond motifs is 1. The van der Waals surface area contributed by atoms with Crippen LogP contribution in [-0.4, -0.2) is 87.0 Å². The van der Waals surface area contributed by atoms with Crippen LogP contribution in [0.1, 0.15) is 16.8 Å². The molecule has 0 saturated carbocycles. The topological polar surface area (TPSA) is 125 Å². The number of hydrogen-bond acceptors (Lipinski definition) is 8. The summed E-state index contributed by atoms with van der Waals surface area (Å²) in [4.78, 5) is 38.9. The Kier molecular flexibility index (Phi) is 5.69. The van der Waals surface area contributed by atoms with E-state index in [-0.39, 0.29) is 34.3 Å². The summed E-state index contributed by atoms with van der Waals surface area (Å²) in [6, 6.07) is 0. The molecule has 5 rings (SSSR count). The zero-order valence-corrected chi connectivity index (χ0v) is 18.2. The third kappa shape index (κ3) is 4.09. The number of aromatic nitrogens is 4. The first kappa shape index (κ1) is 21.9. The van der Waals surface area contributed by atoms with Gasteiger partial charge in [-0.3, -0.25) is 19.5 Å². The first-order valence-electron chi connectivity index (χ1n) is 10.9. The molecule has 2 fully saturated rings. The fourth-order valence-corrected chi connectivity index (χ4v) is 4.18. The van der Waals surface area contributed by atoms with Crippen LogP contribution in [0.15, 0.2) is 24.8 Å². The first-order chi connectivity index (χ1) is 16.4. The van der Waals surface area contributed by atoms with Gasteiger partial charge in [0.15, 0.2) is 23.1 Å². The number of rotatable bonds is 5. The van der Waals surface area contributed by atoms with E-state index in [9.17, 15) is 18.4 Å². The first-order valence-corrected chi connectivity index (χ1v) is 10.9. The maximum absolute atomic E-state index is 14.8. The average molecular weight is 471 g/mol. The molecule has 0 spiro atoms. The van der Waals surface area contributed by atoms with Gasteiger partial charge in [0, 0.05) is 26.2 Å². The van der Waals surface area contributed by atoms with E-state index < -0.39 is 17.5 Å². The molecule has 13 heteroatoms. The number of carbonyl (C=O) groups is 2. The molecule has 0 aromatic carbocycles. The minimum atomic E-state index is -0.677. The van der Waals surface area contributed by atoms with E-state index in [0.29, 0.717) is 32.7 Å². The van der Waals surface area contributed by atoms with E-state index >= 15 is 0 Å². The maximum atomic E-state index is 14.8. The second-order valence-electron chi connectivity index (χ2n) is 8.27. The number of nitrogens with zero attached hydrogens (tertiary/aromatic N) is 7. The quantitative estimate of drug-likeness (QED) is 0.554. The predicted octanol–water partition coefficient (Wildman–Crippen LogP) is 0.591. The van der Waals surface area contributed by atoms with Crippen molar-refractivity contribution in [1.29, 1.82) is 0 Å². The number of hydrogen-bond donors (Lipinski definition) is 2. The molecule has 0 radical (unpaired) electrons. The van der Waals surface area contributed by atoms with Crippen LogP contribution in [0.5, 0.6) is 0 Å². The summed E-state index contributed by atoms with van der Waals surface area (Å²) in [5.74, 6) is -2.00. The van der Waals surface area contributed by atoms with Crippen molar-refractivity contribution in [2.75, 3.05) is 61.8 Å². The number of amides is 2. The lowest BCUT2D eigenvalue weighted by Crippen LogP contribution is -2.53. The summed E-state index contributed by atoms with van der Waals surface area (Å²) in [5, 5.41) is 6.55. The Morgan fingerprint density at radius 2 is 1.82 bits per heavy atom. The third-order valence-electron chi connectivity index (χ3n) is 6.07. The minimum absolute atomic E-state index is 0.0587. The van der Waals surface area contributed by atoms with Crippen LogP contribution in [0, 0.1) is 11.6 Å². The molecule has 0 unspecified atom stereocenters. The van der Waals surface area contributed by atoms with Crippen molar-refractivity contribution in [2.45, 2.75) is 6.42 Å². The van der Waals surface area contributed by atoms with Gasteiger partial charge in [0.1, 0.15) is 11.3 Å². The monoisotopic (exact) mass is 471 g/mol. The zero-order chi connectivity index (χ0) is 23.8. The normalized spacial score (nSPS) is 16.5. The minimum Gasteiger partial charge on any atom is -0.381 e. The van der Waals surface area contributed by atoms with E-state index in [2.05, 4.69) is 25.3 Å². The van der Waals surface area contributed by atoms with Gasteiger partial charge in [0.2, 0.25) is 5.91 Å². The molecular weight excluding hydrogens is 448 g/mol. The Hall–Kier alpha value is -3.87. The Balaban J connectivity index is 1.33. The van der Waals surface area contributed by atoms with Gasteiger partial charge in [-0.1, -0.05) is 0 Å². The van der Waals surface area contributed by atoms with Crippen LogP contribution in [0.25, 0.3) is 5.65 Å². The van der Waals surface area contributed by atoms with Gasteiger partial charge in [-0.05, 0) is 19.5 Å². The Labute approximate surface area is 193 Å². The molecule has 11 nitrogen and oxygen atoms in total. The lowest BCUT2D eigenvalue weighted by molar-refractivity contribution is -0.133. The van der Waals surface area contributed by atoms with Crippen molar-refractivity contribution in [1.82, 2.24) is 29.4 Å². The molecular formula is C21H23F2N9O2. The summed E-state index contributed by atoms with van der Waals surface area (Å²) >= 11 is 0. The summed E-state index contributed by atoms with van der Waals surface area (Å²) in [6.45, 7) is 3.97. The Morgan fingerprint density at radius 1 is 1.06 bits per heavy atom. The standard InChI is InChI=1S/C21H23F2N9O2/c22-13-8-26-20-17(19(24)28-32(20)11-13)21(34)27-15-10-25-9-14(23)18(15)31-6-4-30(5-7-31)16(33)12-29-2-1-3-29/h8-11H,1-7,12H2,(H2,24,28)(H,27,34). The van der Waals surface area contributed by atoms with E-state index in [1.165, 1.54) is 6.20 Å². The molecule has 3 N–H and O–H groups in total. The highest BCUT2D eigenvalue weighted by molar-refractivity contribution is 6.12. The number of anilines is 3. The van der Waals surface area contributed by atoms with Crippen LogP contribution >= 0.6 is 0 Å². The number of halogens is 2. The third-order valence-corrected chi connectivity index (χ3v) is 6.07. The van der Waals surface area contributed by atoms with Crippen LogP contribution in [0.2, 0.25) is 0 Å². The molecule has 0 atom stereocenters. The van der Waals surface area contributed by atoms with Crippen molar-refractivity contribution in [3.63, 3.8) is 0 Å². The maximum Gasteiger partial charge on any atom is 0.263 e. The molecule has 2 aliphatic heterocycles. The Bertz CT molecular complexity index is 1250. The van der Waals surface area contributed by atoms with Gasteiger partial charge in [-0.25, -0.2) is 18.3 Å². The van der Waals surface area contributed by atoms with Crippen LogP contribution < -0.4 is 16.0 Å². The summed E-state index contributed by atoms with van der Waals surface area (Å²) in [7, 11) is 0. The fraction of sp³-hybridized carbons (Fsp3) is 0.381. The van der Waals surface area contributed by atoms with Crippen molar-refractivity contribution in [3.05, 3.63) is 42.0 Å². The lowest BCUT2D eigenvalue weighted by atomic mass is 10.2. The van der Waals surface area contributed by atoms with Gasteiger partial charge >= 0.3 is 0 Å². The van der Waals surface area contributed by atoms with Gasteiger partial charge in [-0.2, -0.15) is 0 Å². The molecule has 3 aromatic rings. The number of nitrogen functional groups attached to an aromatic ring is 1. The predicted molar refractivity (Wildman–Crippen MR) is 119 cm³/mol. The second kappa shape index (κ2) is 8.82. The molecule has 0 aliphatic carbocycles. The molecule has 178 valence electrons. The zero-order valence-electron chi connectivity index (χ0n) is 18.2. The van der Waals surface area contributed by atoms with Crippen molar-refractivity contribution in [3.8, 4) is 0 Å². The van der Waals surface area contributed by atoms with E-state index in [1.54, 1.807) is 9.80 Å². The summed E-state index contributed by atoms with van der Waals surface area (Å²) in [5.41, 5.74) is 6.19. The van der Waals surface area contributed by atoms with E-state index in [1.807, 2.05) is 0 Å². The summed E-state index contributed by atoms with van der Waals surface area (Å²) in [6.07, 6.45) is 5.52. The van der Waals surface area contributed by atoms with E-state index in [4.69, 9.17) is 5.73 Å². The molecule has 3 aromatic heterocycles. The second-order valence-corrected chi connectivity index (χ2v) is 8.27. The highest BCUT2D eigenvalue weighted by Gasteiger charge is 2.28. The number of nitrogens with two attached hydrogens (primary N) is 1. The van der Waals surface area contributed by atoms with Crippen LogP contribution in [-0.2, 0) is 4.79 Å². The average Bonchev–Trinajstić information content (AvgIpc) is 3.11. The molecule has 0 bridgehead atoms. The fourth-order valence-electron chi connectivity index (χ4n) is 4.18. The van der Waals surface area contributed by atoms with Gasteiger partial charge in [0.05, 0.1) is 37.0 Å². The molecule has 2 saturated heterocycles. The van der Waals surface area contributed by atoms with Crippen molar-refractivity contribution < 1.29 is 18.4 Å². The smallest absolute Gasteiger partial charge is 0.263 e. The number of nitrogens with one attached hydrogen (secondary N) is 1. The van der Waals surface area contributed by atoms with Crippen LogP contribution in [0.4, 0.5) is 26.0 Å². The van der Waals surface area contributed by atoms with Gasteiger partial charge in [0.25, 0.3) is 5.91 Å².